The van der Waals surface area contributed by atoms with E-state index in [1.807, 2.05) is 35.0 Å². The molecular weight excluding hydrogens is 240 g/mol. The van der Waals surface area contributed by atoms with Crippen LogP contribution < -0.4 is 10.6 Å². The zero-order valence-electron chi connectivity index (χ0n) is 10.8. The van der Waals surface area contributed by atoms with Crippen molar-refractivity contribution in [1.82, 2.24) is 9.55 Å². The monoisotopic (exact) mass is 256 g/mol. The van der Waals surface area contributed by atoms with E-state index >= 15 is 0 Å². The number of hydrogen-bond donors (Lipinski definition) is 2. The molecule has 0 atom stereocenters. The summed E-state index contributed by atoms with van der Waals surface area (Å²) in [4.78, 5) is 15.2. The summed E-state index contributed by atoms with van der Waals surface area (Å²) in [5.41, 5.74) is 1.75. The van der Waals surface area contributed by atoms with E-state index in [1.54, 1.807) is 12.3 Å². The summed E-state index contributed by atoms with van der Waals surface area (Å²) >= 11 is 0. The molecule has 98 valence electrons. The van der Waals surface area contributed by atoms with E-state index in [-0.39, 0.29) is 5.91 Å². The molecule has 0 spiro atoms. The standard InChI is InChI=1S/C14H16N4O/c1-3-8-15-14-16-9-10-18(14)13-6-4-12(5-7-13)17-11(2)19/h3-7,9-10H,1,8H2,2H3,(H,15,16)(H,17,19). The second-order valence-corrected chi connectivity index (χ2v) is 4.02. The molecule has 2 aromatic rings. The molecule has 0 fully saturated rings. The van der Waals surface area contributed by atoms with Crippen molar-refractivity contribution in [3.63, 3.8) is 0 Å². The molecule has 0 aliphatic rings. The molecule has 0 aliphatic heterocycles. The average molecular weight is 256 g/mol. The van der Waals surface area contributed by atoms with Crippen LogP contribution in [0.5, 0.6) is 0 Å². The Morgan fingerprint density at radius 1 is 1.42 bits per heavy atom. The molecule has 5 heteroatoms. The number of benzene rings is 1. The molecule has 19 heavy (non-hydrogen) atoms. The summed E-state index contributed by atoms with van der Waals surface area (Å²) in [6.07, 6.45) is 5.38. The molecule has 0 radical (unpaired) electrons. The van der Waals surface area contributed by atoms with Crippen molar-refractivity contribution in [1.29, 1.82) is 0 Å². The van der Waals surface area contributed by atoms with Gasteiger partial charge in [-0.15, -0.1) is 6.58 Å². The van der Waals surface area contributed by atoms with Crippen molar-refractivity contribution < 1.29 is 4.79 Å². The molecule has 5 nitrogen and oxygen atoms in total. The predicted octanol–water partition coefficient (Wildman–Crippen LogP) is 2.43. The molecule has 0 saturated heterocycles. The number of anilines is 2. The Bertz CT molecular complexity index is 571. The zero-order chi connectivity index (χ0) is 13.7. The molecule has 2 rings (SSSR count). The lowest BCUT2D eigenvalue weighted by Crippen LogP contribution is -2.07. The number of carbonyl (C=O) groups is 1. The lowest BCUT2D eigenvalue weighted by Gasteiger charge is -2.09. The number of nitrogens with one attached hydrogen (secondary N) is 2. The minimum Gasteiger partial charge on any atom is -0.352 e. The van der Waals surface area contributed by atoms with E-state index in [0.29, 0.717) is 6.54 Å². The van der Waals surface area contributed by atoms with Gasteiger partial charge in [0.05, 0.1) is 0 Å². The van der Waals surface area contributed by atoms with E-state index in [9.17, 15) is 4.79 Å². The molecule has 0 bridgehead atoms. The molecule has 0 unspecified atom stereocenters. The van der Waals surface area contributed by atoms with E-state index in [4.69, 9.17) is 0 Å². The summed E-state index contributed by atoms with van der Waals surface area (Å²) in [5, 5.41) is 5.89. The summed E-state index contributed by atoms with van der Waals surface area (Å²) in [7, 11) is 0. The van der Waals surface area contributed by atoms with Crippen LogP contribution in [0.2, 0.25) is 0 Å². The third-order valence-electron chi connectivity index (χ3n) is 2.51. The topological polar surface area (TPSA) is 59.0 Å². The van der Waals surface area contributed by atoms with Gasteiger partial charge in [-0.2, -0.15) is 0 Å². The number of rotatable bonds is 5. The lowest BCUT2D eigenvalue weighted by atomic mass is 10.2. The minimum absolute atomic E-state index is 0.0799. The Balaban J connectivity index is 2.19. The van der Waals surface area contributed by atoms with Gasteiger partial charge in [-0.3, -0.25) is 9.36 Å². The van der Waals surface area contributed by atoms with Gasteiger partial charge < -0.3 is 10.6 Å². The minimum atomic E-state index is -0.0799. The third kappa shape index (κ3) is 3.22. The second kappa shape index (κ2) is 5.86. The molecule has 1 aromatic carbocycles. The number of carbonyl (C=O) groups excluding carboxylic acids is 1. The van der Waals surface area contributed by atoms with Gasteiger partial charge in [0, 0.05) is 37.2 Å². The van der Waals surface area contributed by atoms with Crippen molar-refractivity contribution in [2.45, 2.75) is 6.92 Å². The highest BCUT2D eigenvalue weighted by atomic mass is 16.1. The van der Waals surface area contributed by atoms with Gasteiger partial charge in [0.1, 0.15) is 0 Å². The molecule has 0 saturated carbocycles. The zero-order valence-corrected chi connectivity index (χ0v) is 10.8. The fourth-order valence-electron chi connectivity index (χ4n) is 1.71. The maximum Gasteiger partial charge on any atom is 0.221 e. The van der Waals surface area contributed by atoms with E-state index in [1.165, 1.54) is 6.92 Å². The molecule has 1 amide bonds. The first-order valence-electron chi connectivity index (χ1n) is 5.97. The van der Waals surface area contributed by atoms with Crippen LogP contribution in [0.4, 0.5) is 11.6 Å². The Morgan fingerprint density at radius 2 is 2.16 bits per heavy atom. The highest BCUT2D eigenvalue weighted by Crippen LogP contribution is 2.17. The maximum absolute atomic E-state index is 11.0. The van der Waals surface area contributed by atoms with Crippen LogP contribution in [0, 0.1) is 0 Å². The van der Waals surface area contributed by atoms with Gasteiger partial charge in [0.15, 0.2) is 0 Å². The molecule has 0 aliphatic carbocycles. The van der Waals surface area contributed by atoms with Crippen LogP contribution in [-0.2, 0) is 4.79 Å². The average Bonchev–Trinajstić information content (AvgIpc) is 2.85. The lowest BCUT2D eigenvalue weighted by molar-refractivity contribution is -0.114. The molecular formula is C14H16N4O. The second-order valence-electron chi connectivity index (χ2n) is 4.02. The van der Waals surface area contributed by atoms with Gasteiger partial charge in [0.2, 0.25) is 11.9 Å². The quantitative estimate of drug-likeness (QED) is 0.808. The van der Waals surface area contributed by atoms with Crippen molar-refractivity contribution in [2.24, 2.45) is 0 Å². The van der Waals surface area contributed by atoms with Crippen LogP contribution in [0.15, 0.2) is 49.3 Å². The summed E-state index contributed by atoms with van der Waals surface area (Å²) < 4.78 is 1.93. The third-order valence-corrected chi connectivity index (χ3v) is 2.51. The first-order valence-corrected chi connectivity index (χ1v) is 5.97. The Kier molecular flexibility index (Phi) is 3.97. The maximum atomic E-state index is 11.0. The Morgan fingerprint density at radius 3 is 2.79 bits per heavy atom. The van der Waals surface area contributed by atoms with Gasteiger partial charge in [0.25, 0.3) is 0 Å². The fourth-order valence-corrected chi connectivity index (χ4v) is 1.71. The van der Waals surface area contributed by atoms with Crippen LogP contribution in [-0.4, -0.2) is 22.0 Å². The summed E-state index contributed by atoms with van der Waals surface area (Å²) in [6, 6.07) is 7.56. The number of hydrogen-bond acceptors (Lipinski definition) is 3. The van der Waals surface area contributed by atoms with Crippen LogP contribution in [0.3, 0.4) is 0 Å². The number of aromatic nitrogens is 2. The molecule has 2 N–H and O–H groups in total. The SMILES string of the molecule is C=CCNc1nccn1-c1ccc(NC(C)=O)cc1. The van der Waals surface area contributed by atoms with Gasteiger partial charge >= 0.3 is 0 Å². The first kappa shape index (κ1) is 12.9. The molecule has 1 aromatic heterocycles. The smallest absolute Gasteiger partial charge is 0.221 e. The Labute approximate surface area is 112 Å². The summed E-state index contributed by atoms with van der Waals surface area (Å²) in [6.45, 7) is 5.80. The van der Waals surface area contributed by atoms with Crippen molar-refractivity contribution in [3.05, 3.63) is 49.3 Å². The van der Waals surface area contributed by atoms with Crippen LogP contribution in [0.25, 0.3) is 5.69 Å². The van der Waals surface area contributed by atoms with Crippen molar-refractivity contribution >= 4 is 17.5 Å². The highest BCUT2D eigenvalue weighted by Gasteiger charge is 2.04. The largest absolute Gasteiger partial charge is 0.352 e. The van der Waals surface area contributed by atoms with Crippen molar-refractivity contribution in [3.8, 4) is 5.69 Å². The molecule has 1 heterocycles. The van der Waals surface area contributed by atoms with Gasteiger partial charge in [-0.05, 0) is 24.3 Å². The highest BCUT2D eigenvalue weighted by molar-refractivity contribution is 5.88. The van der Waals surface area contributed by atoms with E-state index in [0.717, 1.165) is 17.3 Å². The number of amides is 1. The van der Waals surface area contributed by atoms with Crippen LogP contribution >= 0.6 is 0 Å². The van der Waals surface area contributed by atoms with Gasteiger partial charge in [-0.1, -0.05) is 6.08 Å². The van der Waals surface area contributed by atoms with Crippen LogP contribution in [0.1, 0.15) is 6.92 Å². The fraction of sp³-hybridized carbons (Fsp3) is 0.143. The first-order chi connectivity index (χ1) is 9.20. The van der Waals surface area contributed by atoms with Crippen molar-refractivity contribution in [2.75, 3.05) is 17.2 Å². The predicted molar refractivity (Wildman–Crippen MR) is 76.6 cm³/mol. The van der Waals surface area contributed by atoms with E-state index < -0.39 is 0 Å². The number of imidazole rings is 1. The van der Waals surface area contributed by atoms with E-state index in [2.05, 4.69) is 22.2 Å². The van der Waals surface area contributed by atoms with Gasteiger partial charge in [-0.25, -0.2) is 4.98 Å². The summed E-state index contributed by atoms with van der Waals surface area (Å²) in [5.74, 6) is 0.677. The number of nitrogens with zero attached hydrogens (tertiary/aromatic N) is 2. The normalized spacial score (nSPS) is 9.95. The Hall–Kier alpha value is -2.56.